The molecule has 1 amide bonds. The molecule has 2 aromatic carbocycles. The maximum absolute atomic E-state index is 12.5. The third-order valence-electron chi connectivity index (χ3n) is 5.14. The molecular weight excluding hydrogens is 352 g/mol. The second kappa shape index (κ2) is 9.11. The summed E-state index contributed by atoms with van der Waals surface area (Å²) >= 11 is 0. The van der Waals surface area contributed by atoms with Crippen LogP contribution < -0.4 is 14.8 Å². The Kier molecular flexibility index (Phi) is 6.57. The topological polar surface area (TPSA) is 50.8 Å². The van der Waals surface area contributed by atoms with Crippen molar-refractivity contribution in [1.29, 1.82) is 0 Å². The second-order valence-electron chi connectivity index (χ2n) is 7.64. The molecule has 1 N–H and O–H groups in total. The van der Waals surface area contributed by atoms with Gasteiger partial charge in [-0.1, -0.05) is 44.2 Å². The Morgan fingerprint density at radius 1 is 1.14 bits per heavy atom. The molecular formula is C23H30N2O3. The molecule has 3 rings (SSSR count). The van der Waals surface area contributed by atoms with E-state index in [0.717, 1.165) is 18.7 Å². The molecule has 28 heavy (non-hydrogen) atoms. The highest BCUT2D eigenvalue weighted by Gasteiger charge is 2.31. The number of hydrogen-bond donors (Lipinski definition) is 1. The number of benzene rings is 2. The fourth-order valence-corrected chi connectivity index (χ4v) is 3.75. The molecule has 0 spiro atoms. The first kappa shape index (κ1) is 20.2. The van der Waals surface area contributed by atoms with Crippen LogP contribution in [0.1, 0.15) is 36.6 Å². The minimum absolute atomic E-state index is 0.00885. The largest absolute Gasteiger partial charge is 0.493 e. The molecule has 0 radical (unpaired) electrons. The fourth-order valence-electron chi connectivity index (χ4n) is 3.75. The third-order valence-corrected chi connectivity index (χ3v) is 5.14. The Hall–Kier alpha value is -2.53. The summed E-state index contributed by atoms with van der Waals surface area (Å²) in [7, 11) is 3.31. The fraction of sp³-hybridized carbons (Fsp3) is 0.435. The number of ether oxygens (including phenoxy) is 2. The van der Waals surface area contributed by atoms with E-state index in [1.54, 1.807) is 14.2 Å². The van der Waals surface area contributed by atoms with Crippen LogP contribution >= 0.6 is 0 Å². The van der Waals surface area contributed by atoms with Crippen molar-refractivity contribution < 1.29 is 14.3 Å². The zero-order valence-electron chi connectivity index (χ0n) is 17.2. The summed E-state index contributed by atoms with van der Waals surface area (Å²) in [6.07, 6.45) is 0.872. The van der Waals surface area contributed by atoms with E-state index >= 15 is 0 Å². The molecule has 1 heterocycles. The van der Waals surface area contributed by atoms with Crippen LogP contribution in [-0.4, -0.2) is 44.7 Å². The molecule has 1 aliphatic heterocycles. The molecule has 5 heteroatoms. The Morgan fingerprint density at radius 3 is 2.46 bits per heavy atom. The molecule has 0 saturated heterocycles. The summed E-state index contributed by atoms with van der Waals surface area (Å²) in [4.78, 5) is 14.8. The SMILES string of the molecule is COc1cc2c(cc1OC)[C@H](c1ccccc1)N(CC(=O)NCC(C)C)CC2. The van der Waals surface area contributed by atoms with Gasteiger partial charge < -0.3 is 14.8 Å². The van der Waals surface area contributed by atoms with Crippen molar-refractivity contribution >= 4 is 5.91 Å². The lowest BCUT2D eigenvalue weighted by molar-refractivity contribution is -0.122. The number of amides is 1. The molecule has 150 valence electrons. The van der Waals surface area contributed by atoms with Crippen molar-refractivity contribution in [3.05, 3.63) is 59.2 Å². The lowest BCUT2D eigenvalue weighted by Crippen LogP contribution is -2.43. The zero-order chi connectivity index (χ0) is 20.1. The molecule has 1 aliphatic rings. The zero-order valence-corrected chi connectivity index (χ0v) is 17.2. The number of rotatable bonds is 7. The van der Waals surface area contributed by atoms with Gasteiger partial charge in [-0.2, -0.15) is 0 Å². The first-order chi connectivity index (χ1) is 13.5. The number of methoxy groups -OCH3 is 2. The molecule has 0 fully saturated rings. The number of carbonyl (C=O) groups is 1. The summed E-state index contributed by atoms with van der Waals surface area (Å²) in [6.45, 7) is 6.09. The van der Waals surface area contributed by atoms with Gasteiger partial charge in [0.1, 0.15) is 0 Å². The molecule has 0 saturated carbocycles. The van der Waals surface area contributed by atoms with Crippen LogP contribution in [0.2, 0.25) is 0 Å². The van der Waals surface area contributed by atoms with E-state index < -0.39 is 0 Å². The van der Waals surface area contributed by atoms with Gasteiger partial charge in [-0.05, 0) is 41.2 Å². The monoisotopic (exact) mass is 382 g/mol. The lowest BCUT2D eigenvalue weighted by Gasteiger charge is -2.37. The van der Waals surface area contributed by atoms with Gasteiger partial charge in [-0.15, -0.1) is 0 Å². The Bertz CT molecular complexity index is 805. The van der Waals surface area contributed by atoms with Gasteiger partial charge in [0.2, 0.25) is 5.91 Å². The average Bonchev–Trinajstić information content (AvgIpc) is 2.71. The standard InChI is InChI=1S/C23H30N2O3/c1-16(2)14-24-22(26)15-25-11-10-18-12-20(27-3)21(28-4)13-19(18)23(25)17-8-6-5-7-9-17/h5-9,12-13,16,23H,10-11,14-15H2,1-4H3,(H,24,26)/t23-/m0/s1. The van der Waals surface area contributed by atoms with Crippen LogP contribution in [0, 0.1) is 5.92 Å². The number of hydrogen-bond acceptors (Lipinski definition) is 4. The molecule has 0 bridgehead atoms. The summed E-state index contributed by atoms with van der Waals surface area (Å²) < 4.78 is 11.0. The molecule has 1 atom stereocenters. The van der Waals surface area contributed by atoms with Crippen LogP contribution in [0.5, 0.6) is 11.5 Å². The van der Waals surface area contributed by atoms with Gasteiger partial charge >= 0.3 is 0 Å². The Morgan fingerprint density at radius 2 is 1.82 bits per heavy atom. The summed E-state index contributed by atoms with van der Waals surface area (Å²) in [5.41, 5.74) is 3.59. The molecule has 0 aliphatic carbocycles. The van der Waals surface area contributed by atoms with E-state index in [1.807, 2.05) is 18.2 Å². The normalized spacial score (nSPS) is 16.5. The van der Waals surface area contributed by atoms with Gasteiger partial charge in [0.05, 0.1) is 26.8 Å². The maximum Gasteiger partial charge on any atom is 0.234 e. The van der Waals surface area contributed by atoms with Crippen molar-refractivity contribution in [2.45, 2.75) is 26.3 Å². The minimum Gasteiger partial charge on any atom is -0.493 e. The minimum atomic E-state index is 0.00885. The molecule has 5 nitrogen and oxygen atoms in total. The van der Waals surface area contributed by atoms with E-state index in [4.69, 9.17) is 9.47 Å². The Balaban J connectivity index is 1.95. The van der Waals surface area contributed by atoms with Crippen molar-refractivity contribution in [1.82, 2.24) is 10.2 Å². The predicted octanol–water partition coefficient (Wildman–Crippen LogP) is 3.42. The van der Waals surface area contributed by atoms with Crippen LogP contribution in [0.15, 0.2) is 42.5 Å². The van der Waals surface area contributed by atoms with Crippen molar-refractivity contribution in [2.24, 2.45) is 5.92 Å². The van der Waals surface area contributed by atoms with Crippen LogP contribution in [0.3, 0.4) is 0 Å². The van der Waals surface area contributed by atoms with Gasteiger partial charge in [-0.25, -0.2) is 0 Å². The Labute approximate surface area is 167 Å². The van der Waals surface area contributed by atoms with E-state index in [2.05, 4.69) is 48.3 Å². The highest BCUT2D eigenvalue weighted by atomic mass is 16.5. The number of nitrogens with zero attached hydrogens (tertiary/aromatic N) is 1. The average molecular weight is 383 g/mol. The summed E-state index contributed by atoms with van der Waals surface area (Å²) in [5, 5.41) is 3.04. The lowest BCUT2D eigenvalue weighted by atomic mass is 9.87. The molecule has 2 aromatic rings. The van der Waals surface area contributed by atoms with Gasteiger partial charge in [0.15, 0.2) is 11.5 Å². The van der Waals surface area contributed by atoms with E-state index in [1.165, 1.54) is 16.7 Å². The van der Waals surface area contributed by atoms with Gasteiger partial charge in [-0.3, -0.25) is 9.69 Å². The first-order valence-electron chi connectivity index (χ1n) is 9.84. The predicted molar refractivity (Wildman–Crippen MR) is 111 cm³/mol. The van der Waals surface area contributed by atoms with Crippen LogP contribution in [0.25, 0.3) is 0 Å². The van der Waals surface area contributed by atoms with E-state index in [9.17, 15) is 4.79 Å². The van der Waals surface area contributed by atoms with Crippen LogP contribution in [-0.2, 0) is 11.2 Å². The first-order valence-corrected chi connectivity index (χ1v) is 9.84. The second-order valence-corrected chi connectivity index (χ2v) is 7.64. The van der Waals surface area contributed by atoms with Crippen molar-refractivity contribution in [2.75, 3.05) is 33.9 Å². The molecule has 0 aromatic heterocycles. The molecule has 0 unspecified atom stereocenters. The van der Waals surface area contributed by atoms with Gasteiger partial charge in [0.25, 0.3) is 0 Å². The van der Waals surface area contributed by atoms with E-state index in [0.29, 0.717) is 24.8 Å². The highest BCUT2D eigenvalue weighted by Crippen LogP contribution is 2.40. The van der Waals surface area contributed by atoms with Gasteiger partial charge in [0, 0.05) is 13.1 Å². The van der Waals surface area contributed by atoms with Crippen molar-refractivity contribution in [3.63, 3.8) is 0 Å². The number of carbonyl (C=O) groups excluding carboxylic acids is 1. The summed E-state index contributed by atoms with van der Waals surface area (Å²) in [5.74, 6) is 1.97. The van der Waals surface area contributed by atoms with Crippen LogP contribution in [0.4, 0.5) is 0 Å². The maximum atomic E-state index is 12.5. The summed E-state index contributed by atoms with van der Waals surface area (Å²) in [6, 6.07) is 14.5. The number of nitrogens with one attached hydrogen (secondary N) is 1. The van der Waals surface area contributed by atoms with E-state index in [-0.39, 0.29) is 11.9 Å². The number of fused-ring (bicyclic) bond motifs is 1. The highest BCUT2D eigenvalue weighted by molar-refractivity contribution is 5.78. The quantitative estimate of drug-likeness (QED) is 0.797. The third kappa shape index (κ3) is 4.47. The smallest absolute Gasteiger partial charge is 0.234 e. The van der Waals surface area contributed by atoms with Crippen molar-refractivity contribution in [3.8, 4) is 11.5 Å².